The molecule has 32 heavy (non-hydrogen) atoms. The van der Waals surface area contributed by atoms with Crippen LogP contribution in [0.25, 0.3) is 11.2 Å². The maximum absolute atomic E-state index is 12.7. The van der Waals surface area contributed by atoms with E-state index in [4.69, 9.17) is 4.98 Å². The molecule has 0 unspecified atom stereocenters. The predicted octanol–water partition coefficient (Wildman–Crippen LogP) is 3.08. The highest BCUT2D eigenvalue weighted by Gasteiger charge is 2.31. The van der Waals surface area contributed by atoms with Crippen molar-refractivity contribution < 1.29 is 4.79 Å². The summed E-state index contributed by atoms with van der Waals surface area (Å²) in [5.74, 6) is 1.34. The molecule has 3 aromatic rings. The van der Waals surface area contributed by atoms with Crippen molar-refractivity contribution >= 4 is 17.1 Å². The van der Waals surface area contributed by atoms with E-state index >= 15 is 0 Å². The Hall–Kier alpha value is -3.03. The summed E-state index contributed by atoms with van der Waals surface area (Å²) in [6, 6.07) is 6.31. The number of benzene rings is 1. The Bertz CT molecular complexity index is 1200. The number of likely N-dealkylation sites (tertiary alicyclic amines) is 1. The van der Waals surface area contributed by atoms with Crippen molar-refractivity contribution in [1.29, 1.82) is 0 Å². The van der Waals surface area contributed by atoms with Crippen LogP contribution in [-0.4, -0.2) is 48.9 Å². The third kappa shape index (κ3) is 3.94. The van der Waals surface area contributed by atoms with Gasteiger partial charge in [-0.05, 0) is 50.7 Å². The Morgan fingerprint density at radius 1 is 1.12 bits per heavy atom. The maximum Gasteiger partial charge on any atom is 0.281 e. The molecule has 3 heterocycles. The number of nitrogens with zero attached hydrogens (tertiary/aromatic N) is 5. The van der Waals surface area contributed by atoms with Gasteiger partial charge in [0, 0.05) is 24.9 Å². The molecule has 1 saturated carbocycles. The van der Waals surface area contributed by atoms with Crippen molar-refractivity contribution in [2.24, 2.45) is 5.92 Å². The lowest BCUT2D eigenvalue weighted by Crippen LogP contribution is -2.41. The lowest BCUT2D eigenvalue weighted by atomic mass is 9.94. The molecule has 1 aliphatic carbocycles. The number of hydrogen-bond donors (Lipinski definition) is 1. The molecule has 0 bridgehead atoms. The van der Waals surface area contributed by atoms with E-state index in [1.165, 1.54) is 24.0 Å². The van der Waals surface area contributed by atoms with Crippen LogP contribution >= 0.6 is 0 Å². The monoisotopic (exact) mass is 434 g/mol. The van der Waals surface area contributed by atoms with E-state index in [-0.39, 0.29) is 22.9 Å². The van der Waals surface area contributed by atoms with Gasteiger partial charge in [-0.1, -0.05) is 41.8 Å². The number of piperidine rings is 1. The maximum atomic E-state index is 12.7. The second kappa shape index (κ2) is 8.48. The van der Waals surface area contributed by atoms with Crippen LogP contribution in [0.3, 0.4) is 0 Å². The molecule has 2 aliphatic rings. The molecule has 0 spiro atoms. The highest BCUT2D eigenvalue weighted by molar-refractivity contribution is 5.79. The number of amides is 1. The van der Waals surface area contributed by atoms with Crippen LogP contribution in [0.5, 0.6) is 0 Å². The predicted molar refractivity (Wildman–Crippen MR) is 121 cm³/mol. The molecule has 1 N–H and O–H groups in total. The van der Waals surface area contributed by atoms with E-state index < -0.39 is 0 Å². The van der Waals surface area contributed by atoms with Gasteiger partial charge in [0.25, 0.3) is 5.56 Å². The van der Waals surface area contributed by atoms with Crippen LogP contribution in [-0.2, 0) is 11.3 Å². The van der Waals surface area contributed by atoms with Gasteiger partial charge in [0.05, 0.1) is 6.54 Å². The molecule has 5 rings (SSSR count). The number of nitrogens with one attached hydrogen (secondary N) is 1. The van der Waals surface area contributed by atoms with E-state index in [2.05, 4.69) is 47.3 Å². The Balaban J connectivity index is 1.36. The zero-order chi connectivity index (χ0) is 22.2. The van der Waals surface area contributed by atoms with E-state index in [9.17, 15) is 9.59 Å². The first-order chi connectivity index (χ1) is 15.5. The second-order valence-electron chi connectivity index (χ2n) is 9.38. The van der Waals surface area contributed by atoms with Gasteiger partial charge < -0.3 is 9.88 Å². The van der Waals surface area contributed by atoms with Crippen LogP contribution in [0.1, 0.15) is 67.0 Å². The van der Waals surface area contributed by atoms with Crippen molar-refractivity contribution in [2.75, 3.05) is 13.1 Å². The zero-order valence-electron chi connectivity index (χ0n) is 18.8. The van der Waals surface area contributed by atoms with Crippen LogP contribution in [0.15, 0.2) is 23.0 Å². The highest BCUT2D eigenvalue weighted by atomic mass is 16.2. The van der Waals surface area contributed by atoms with Gasteiger partial charge in [0.1, 0.15) is 5.82 Å². The Morgan fingerprint density at radius 2 is 1.88 bits per heavy atom. The average Bonchev–Trinajstić information content (AvgIpc) is 3.47. The summed E-state index contributed by atoms with van der Waals surface area (Å²) in [6.45, 7) is 6.10. The first-order valence-corrected chi connectivity index (χ1v) is 11.7. The molecule has 1 aliphatic heterocycles. The van der Waals surface area contributed by atoms with E-state index in [0.717, 1.165) is 44.3 Å². The van der Waals surface area contributed by atoms with Gasteiger partial charge in [-0.3, -0.25) is 9.59 Å². The summed E-state index contributed by atoms with van der Waals surface area (Å²) in [6.07, 6.45) is 6.02. The van der Waals surface area contributed by atoms with Crippen LogP contribution in [0, 0.1) is 19.8 Å². The molecule has 1 aromatic carbocycles. The summed E-state index contributed by atoms with van der Waals surface area (Å²) in [4.78, 5) is 35.2. The number of H-pyrrole nitrogens is 1. The van der Waals surface area contributed by atoms with Gasteiger partial charge in [0.15, 0.2) is 11.2 Å². The molecular formula is C24H30N6O2. The standard InChI is InChI=1S/C24H30N6O2/c1-15-7-8-16(2)19(13-15)14-30-22-20(27-28-30)23(31)26-21(25-22)17-9-11-29(12-10-17)24(32)18-5-3-4-6-18/h7-8,13,17-18H,3-6,9-12,14H2,1-2H3,(H,25,26,31). The number of aromatic amines is 1. The first-order valence-electron chi connectivity index (χ1n) is 11.7. The summed E-state index contributed by atoms with van der Waals surface area (Å²) in [7, 11) is 0. The summed E-state index contributed by atoms with van der Waals surface area (Å²) in [5, 5.41) is 8.30. The Labute approximate surface area is 187 Å². The van der Waals surface area contributed by atoms with Gasteiger partial charge in [-0.25, -0.2) is 9.67 Å². The van der Waals surface area contributed by atoms with Crippen LogP contribution < -0.4 is 5.56 Å². The topological polar surface area (TPSA) is 96.8 Å². The van der Waals surface area contributed by atoms with Gasteiger partial charge in [-0.2, -0.15) is 0 Å². The average molecular weight is 435 g/mol. The van der Waals surface area contributed by atoms with Gasteiger partial charge in [-0.15, -0.1) is 5.10 Å². The smallest absolute Gasteiger partial charge is 0.281 e. The largest absolute Gasteiger partial charge is 0.342 e. The fourth-order valence-electron chi connectivity index (χ4n) is 5.12. The number of carbonyl (C=O) groups excluding carboxylic acids is 1. The third-order valence-corrected chi connectivity index (χ3v) is 7.11. The molecule has 0 atom stereocenters. The normalized spacial score (nSPS) is 18.0. The number of carbonyl (C=O) groups is 1. The number of rotatable bonds is 4. The molecule has 1 amide bonds. The zero-order valence-corrected chi connectivity index (χ0v) is 18.8. The summed E-state index contributed by atoms with van der Waals surface area (Å²) < 4.78 is 1.72. The van der Waals surface area contributed by atoms with E-state index in [0.29, 0.717) is 23.9 Å². The van der Waals surface area contributed by atoms with Gasteiger partial charge in [0.2, 0.25) is 5.91 Å². The van der Waals surface area contributed by atoms with E-state index in [1.807, 2.05) is 4.90 Å². The van der Waals surface area contributed by atoms with Crippen LogP contribution in [0.2, 0.25) is 0 Å². The fraction of sp³-hybridized carbons (Fsp3) is 0.542. The second-order valence-corrected chi connectivity index (χ2v) is 9.38. The number of fused-ring (bicyclic) bond motifs is 1. The summed E-state index contributed by atoms with van der Waals surface area (Å²) in [5.41, 5.74) is 4.03. The molecular weight excluding hydrogens is 404 g/mol. The summed E-state index contributed by atoms with van der Waals surface area (Å²) >= 11 is 0. The molecule has 0 radical (unpaired) electrons. The number of hydrogen-bond acceptors (Lipinski definition) is 5. The lowest BCUT2D eigenvalue weighted by Gasteiger charge is -2.33. The van der Waals surface area contributed by atoms with Crippen molar-refractivity contribution in [2.45, 2.75) is 64.8 Å². The van der Waals surface area contributed by atoms with E-state index in [1.54, 1.807) is 4.68 Å². The molecule has 2 fully saturated rings. The van der Waals surface area contributed by atoms with Crippen LogP contribution in [0.4, 0.5) is 0 Å². The van der Waals surface area contributed by atoms with Gasteiger partial charge >= 0.3 is 0 Å². The lowest BCUT2D eigenvalue weighted by molar-refractivity contribution is -0.136. The molecule has 168 valence electrons. The molecule has 1 saturated heterocycles. The Morgan fingerprint density at radius 3 is 2.62 bits per heavy atom. The van der Waals surface area contributed by atoms with Crippen molar-refractivity contribution in [3.8, 4) is 0 Å². The quantitative estimate of drug-likeness (QED) is 0.681. The third-order valence-electron chi connectivity index (χ3n) is 7.11. The SMILES string of the molecule is Cc1ccc(C)c(Cn2nnc3c(=O)[nH]c(C4CCN(C(=O)C5CCCC5)CC4)nc32)c1. The number of aryl methyl sites for hydroxylation is 2. The van der Waals surface area contributed by atoms with Crippen molar-refractivity contribution in [3.63, 3.8) is 0 Å². The van der Waals surface area contributed by atoms with Crippen molar-refractivity contribution in [1.82, 2.24) is 29.9 Å². The Kier molecular flexibility index (Phi) is 5.53. The number of aromatic nitrogens is 5. The minimum Gasteiger partial charge on any atom is -0.342 e. The molecule has 2 aromatic heterocycles. The highest BCUT2D eigenvalue weighted by Crippen LogP contribution is 2.30. The van der Waals surface area contributed by atoms with Crippen molar-refractivity contribution in [3.05, 3.63) is 51.1 Å². The molecule has 8 nitrogen and oxygen atoms in total. The fourth-order valence-corrected chi connectivity index (χ4v) is 5.12. The minimum absolute atomic E-state index is 0.129. The first kappa shape index (κ1) is 20.8. The minimum atomic E-state index is -0.248. The molecule has 8 heteroatoms.